The highest BCUT2D eigenvalue weighted by Crippen LogP contribution is 2.33. The van der Waals surface area contributed by atoms with Gasteiger partial charge >= 0.3 is 0 Å². The molecule has 4 heteroatoms. The summed E-state index contributed by atoms with van der Waals surface area (Å²) in [6.45, 7) is 8.45. The van der Waals surface area contributed by atoms with Crippen LogP contribution in [0.4, 0.5) is 5.13 Å². The van der Waals surface area contributed by atoms with E-state index in [9.17, 15) is 0 Å². The summed E-state index contributed by atoms with van der Waals surface area (Å²) in [5.74, 6) is 5.40. The molecule has 17 heavy (non-hydrogen) atoms. The van der Waals surface area contributed by atoms with Crippen molar-refractivity contribution in [3.05, 3.63) is 33.7 Å². The molecule has 0 saturated heterocycles. The average molecular weight is 247 g/mol. The third kappa shape index (κ3) is 2.18. The molecule has 0 aliphatic heterocycles. The smallest absolute Gasteiger partial charge is 0.197 e. The molecule has 0 saturated carbocycles. The van der Waals surface area contributed by atoms with E-state index in [1.165, 1.54) is 27.1 Å². The Balaban J connectivity index is 2.59. The first-order valence-electron chi connectivity index (χ1n) is 5.55. The minimum atomic E-state index is 0.759. The Morgan fingerprint density at radius 3 is 2.29 bits per heavy atom. The van der Waals surface area contributed by atoms with Crippen LogP contribution < -0.4 is 11.3 Å². The van der Waals surface area contributed by atoms with Gasteiger partial charge in [-0.05, 0) is 50.5 Å². The van der Waals surface area contributed by atoms with Crippen molar-refractivity contribution in [2.45, 2.75) is 27.7 Å². The maximum atomic E-state index is 5.40. The fourth-order valence-electron chi connectivity index (χ4n) is 1.92. The zero-order chi connectivity index (χ0) is 12.6. The van der Waals surface area contributed by atoms with Gasteiger partial charge in [0.15, 0.2) is 5.13 Å². The van der Waals surface area contributed by atoms with Gasteiger partial charge in [0, 0.05) is 10.4 Å². The first-order valence-corrected chi connectivity index (χ1v) is 6.37. The van der Waals surface area contributed by atoms with Crippen LogP contribution in [0.2, 0.25) is 0 Å². The minimum Gasteiger partial charge on any atom is -0.300 e. The van der Waals surface area contributed by atoms with Crippen LogP contribution in [0.25, 0.3) is 11.3 Å². The van der Waals surface area contributed by atoms with Gasteiger partial charge in [0.1, 0.15) is 0 Å². The van der Waals surface area contributed by atoms with Crippen LogP contribution in [-0.2, 0) is 0 Å². The molecule has 0 spiro atoms. The van der Waals surface area contributed by atoms with E-state index in [1.807, 2.05) is 0 Å². The number of nitrogens with two attached hydrogens (primary N) is 1. The van der Waals surface area contributed by atoms with Gasteiger partial charge in [-0.3, -0.25) is 5.43 Å². The summed E-state index contributed by atoms with van der Waals surface area (Å²) >= 11 is 1.58. The quantitative estimate of drug-likeness (QED) is 0.632. The third-order valence-electron chi connectivity index (χ3n) is 3.02. The number of hydrogen-bond acceptors (Lipinski definition) is 4. The van der Waals surface area contributed by atoms with E-state index in [2.05, 4.69) is 50.2 Å². The number of benzene rings is 1. The van der Waals surface area contributed by atoms with Crippen molar-refractivity contribution in [1.82, 2.24) is 4.98 Å². The van der Waals surface area contributed by atoms with Gasteiger partial charge < -0.3 is 0 Å². The van der Waals surface area contributed by atoms with Crippen molar-refractivity contribution in [3.63, 3.8) is 0 Å². The van der Waals surface area contributed by atoms with Gasteiger partial charge in [0.05, 0.1) is 5.69 Å². The molecular formula is C13H17N3S. The van der Waals surface area contributed by atoms with E-state index in [0.29, 0.717) is 0 Å². The third-order valence-corrected chi connectivity index (χ3v) is 3.92. The first kappa shape index (κ1) is 12.1. The van der Waals surface area contributed by atoms with E-state index in [1.54, 1.807) is 11.3 Å². The van der Waals surface area contributed by atoms with Gasteiger partial charge in [-0.15, -0.1) is 11.3 Å². The van der Waals surface area contributed by atoms with Crippen LogP contribution in [-0.4, -0.2) is 4.98 Å². The summed E-state index contributed by atoms with van der Waals surface area (Å²) in [5, 5.41) is 0.759. The van der Waals surface area contributed by atoms with Crippen LogP contribution in [0, 0.1) is 27.7 Å². The lowest BCUT2D eigenvalue weighted by Gasteiger charge is -2.08. The Hall–Kier alpha value is -1.39. The van der Waals surface area contributed by atoms with E-state index in [0.717, 1.165) is 10.8 Å². The second-order valence-corrected chi connectivity index (χ2v) is 5.52. The monoisotopic (exact) mass is 247 g/mol. The maximum Gasteiger partial charge on any atom is 0.197 e. The fourth-order valence-corrected chi connectivity index (χ4v) is 2.66. The topological polar surface area (TPSA) is 50.9 Å². The Kier molecular flexibility index (Phi) is 3.17. The molecular weight excluding hydrogens is 230 g/mol. The summed E-state index contributed by atoms with van der Waals surface area (Å²) < 4.78 is 0. The molecule has 0 aliphatic carbocycles. The van der Waals surface area contributed by atoms with Crippen LogP contribution in [0.15, 0.2) is 12.1 Å². The van der Waals surface area contributed by atoms with E-state index in [4.69, 9.17) is 5.84 Å². The standard InChI is InChI=1S/C13H17N3S/c1-7-5-9(3)11(6-8(7)2)12-10(4)17-13(15-12)16-14/h5-6H,14H2,1-4H3,(H,15,16). The minimum absolute atomic E-state index is 0.759. The van der Waals surface area contributed by atoms with Gasteiger partial charge in [0.25, 0.3) is 0 Å². The summed E-state index contributed by atoms with van der Waals surface area (Å²) in [6.07, 6.45) is 0. The summed E-state index contributed by atoms with van der Waals surface area (Å²) in [7, 11) is 0. The first-order chi connectivity index (χ1) is 8.02. The lowest BCUT2D eigenvalue weighted by atomic mass is 9.98. The SMILES string of the molecule is Cc1cc(C)c(-c2nc(NN)sc2C)cc1C. The number of nitrogens with zero attached hydrogens (tertiary/aromatic N) is 1. The molecule has 0 radical (unpaired) electrons. The molecule has 0 unspecified atom stereocenters. The zero-order valence-electron chi connectivity index (χ0n) is 10.6. The number of hydrogen-bond donors (Lipinski definition) is 2. The van der Waals surface area contributed by atoms with Crippen LogP contribution in [0.1, 0.15) is 21.6 Å². The van der Waals surface area contributed by atoms with E-state index < -0.39 is 0 Å². The molecule has 1 heterocycles. The molecule has 3 nitrogen and oxygen atoms in total. The van der Waals surface area contributed by atoms with Crippen molar-refractivity contribution in [2.75, 3.05) is 5.43 Å². The molecule has 1 aromatic heterocycles. The van der Waals surface area contributed by atoms with Crippen molar-refractivity contribution >= 4 is 16.5 Å². The predicted octanol–water partition coefficient (Wildman–Crippen LogP) is 3.33. The number of anilines is 1. The number of aryl methyl sites for hydroxylation is 4. The molecule has 0 amide bonds. The van der Waals surface area contributed by atoms with Crippen LogP contribution in [0.5, 0.6) is 0 Å². The number of nitrogens with one attached hydrogen (secondary N) is 1. The van der Waals surface area contributed by atoms with Crippen LogP contribution >= 0.6 is 11.3 Å². The lowest BCUT2D eigenvalue weighted by Crippen LogP contribution is -2.05. The molecule has 0 aliphatic rings. The second-order valence-electron chi connectivity index (χ2n) is 4.32. The molecule has 1 aromatic carbocycles. The highest BCUT2D eigenvalue weighted by molar-refractivity contribution is 7.15. The Labute approximate surface area is 106 Å². The number of hydrazine groups is 1. The molecule has 2 rings (SSSR count). The molecule has 0 atom stereocenters. The zero-order valence-corrected chi connectivity index (χ0v) is 11.4. The number of thiazole rings is 1. The highest BCUT2D eigenvalue weighted by Gasteiger charge is 2.12. The van der Waals surface area contributed by atoms with Crippen molar-refractivity contribution in [2.24, 2.45) is 5.84 Å². The predicted molar refractivity (Wildman–Crippen MR) is 74.3 cm³/mol. The Morgan fingerprint density at radius 2 is 1.71 bits per heavy atom. The van der Waals surface area contributed by atoms with Gasteiger partial charge in [-0.2, -0.15) is 0 Å². The number of aromatic nitrogens is 1. The molecule has 2 aromatic rings. The molecule has 0 fully saturated rings. The van der Waals surface area contributed by atoms with Crippen molar-refractivity contribution < 1.29 is 0 Å². The number of rotatable bonds is 2. The summed E-state index contributed by atoms with van der Waals surface area (Å²) in [5.41, 5.74) is 8.70. The lowest BCUT2D eigenvalue weighted by molar-refractivity contribution is 1.25. The highest BCUT2D eigenvalue weighted by atomic mass is 32.1. The Bertz CT molecular complexity index is 558. The summed E-state index contributed by atoms with van der Waals surface area (Å²) in [6, 6.07) is 4.41. The van der Waals surface area contributed by atoms with Gasteiger partial charge in [-0.25, -0.2) is 10.8 Å². The summed E-state index contributed by atoms with van der Waals surface area (Å²) in [4.78, 5) is 5.70. The van der Waals surface area contributed by atoms with E-state index >= 15 is 0 Å². The van der Waals surface area contributed by atoms with Crippen molar-refractivity contribution in [3.8, 4) is 11.3 Å². The fraction of sp³-hybridized carbons (Fsp3) is 0.308. The number of nitrogen functional groups attached to an aromatic ring is 1. The Morgan fingerprint density at radius 1 is 1.06 bits per heavy atom. The van der Waals surface area contributed by atoms with Gasteiger partial charge in [-0.1, -0.05) is 6.07 Å². The van der Waals surface area contributed by atoms with E-state index in [-0.39, 0.29) is 0 Å². The van der Waals surface area contributed by atoms with Gasteiger partial charge in [0.2, 0.25) is 0 Å². The largest absolute Gasteiger partial charge is 0.300 e. The van der Waals surface area contributed by atoms with Crippen LogP contribution in [0.3, 0.4) is 0 Å². The molecule has 90 valence electrons. The normalized spacial score (nSPS) is 10.6. The molecule has 3 N–H and O–H groups in total. The second kappa shape index (κ2) is 4.47. The molecule has 0 bridgehead atoms. The maximum absolute atomic E-state index is 5.40. The van der Waals surface area contributed by atoms with Crippen molar-refractivity contribution in [1.29, 1.82) is 0 Å². The average Bonchev–Trinajstić information content (AvgIpc) is 2.65.